The molecule has 0 radical (unpaired) electrons. The van der Waals surface area contributed by atoms with Gasteiger partial charge in [-0.05, 0) is 37.1 Å². The topological polar surface area (TPSA) is 35.8 Å². The van der Waals surface area contributed by atoms with Gasteiger partial charge in [-0.1, -0.05) is 37.6 Å². The summed E-state index contributed by atoms with van der Waals surface area (Å²) in [5, 5.41) is 12.2. The van der Waals surface area contributed by atoms with Crippen molar-refractivity contribution < 1.29 is 0 Å². The van der Waals surface area contributed by atoms with Crippen LogP contribution in [0.15, 0.2) is 29.8 Å². The molecule has 0 amide bonds. The molecule has 0 unspecified atom stereocenters. The number of benzene rings is 1. The Morgan fingerprint density at radius 1 is 1.47 bits per heavy atom. The number of nitrogens with zero attached hydrogens (tertiary/aromatic N) is 1. The highest BCUT2D eigenvalue weighted by Gasteiger charge is 1.96. The number of nitrogens with one attached hydrogen (secondary N) is 1. The van der Waals surface area contributed by atoms with Gasteiger partial charge in [0.05, 0.1) is 11.6 Å². The number of hydrogen-bond acceptors (Lipinski definition) is 2. The van der Waals surface area contributed by atoms with Crippen LogP contribution in [0.1, 0.15) is 31.9 Å². The smallest absolute Gasteiger partial charge is 0.0991 e. The van der Waals surface area contributed by atoms with Crippen molar-refractivity contribution in [3.63, 3.8) is 0 Å². The van der Waals surface area contributed by atoms with Gasteiger partial charge in [0.1, 0.15) is 0 Å². The van der Waals surface area contributed by atoms with Crippen molar-refractivity contribution in [1.29, 1.82) is 5.26 Å². The number of hydrogen-bond donors (Lipinski definition) is 1. The molecular formula is C15H20N2. The summed E-state index contributed by atoms with van der Waals surface area (Å²) in [6.07, 6.45) is 2.12. The minimum Gasteiger partial charge on any atom is -0.313 e. The molecule has 0 aromatic heterocycles. The summed E-state index contributed by atoms with van der Waals surface area (Å²) in [5.41, 5.74) is 3.08. The Bertz CT molecular complexity index is 425. The largest absolute Gasteiger partial charge is 0.313 e. The second-order valence-corrected chi connectivity index (χ2v) is 4.75. The molecule has 1 N–H and O–H groups in total. The van der Waals surface area contributed by atoms with Gasteiger partial charge in [-0.3, -0.25) is 0 Å². The van der Waals surface area contributed by atoms with Crippen molar-refractivity contribution in [3.05, 3.63) is 41.0 Å². The van der Waals surface area contributed by atoms with Gasteiger partial charge in [-0.2, -0.15) is 5.26 Å². The molecule has 2 heteroatoms. The zero-order chi connectivity index (χ0) is 12.7. The fraction of sp³-hybridized carbons (Fsp3) is 0.400. The van der Waals surface area contributed by atoms with Gasteiger partial charge < -0.3 is 5.32 Å². The summed E-state index contributed by atoms with van der Waals surface area (Å²) in [6, 6.07) is 9.82. The molecule has 0 spiro atoms. The third-order valence-electron chi connectivity index (χ3n) is 2.39. The van der Waals surface area contributed by atoms with Crippen LogP contribution in [0, 0.1) is 17.2 Å². The Morgan fingerprint density at radius 2 is 2.24 bits per heavy atom. The van der Waals surface area contributed by atoms with E-state index in [2.05, 4.69) is 38.2 Å². The Morgan fingerprint density at radius 3 is 2.88 bits per heavy atom. The third-order valence-corrected chi connectivity index (χ3v) is 2.39. The van der Waals surface area contributed by atoms with Gasteiger partial charge in [0, 0.05) is 6.54 Å². The molecule has 0 saturated carbocycles. The zero-order valence-corrected chi connectivity index (χ0v) is 10.8. The highest BCUT2D eigenvalue weighted by atomic mass is 14.8. The number of nitriles is 1. The van der Waals surface area contributed by atoms with Gasteiger partial charge in [0.25, 0.3) is 0 Å². The Labute approximate surface area is 104 Å². The monoisotopic (exact) mass is 228 g/mol. The first-order valence-corrected chi connectivity index (χ1v) is 6.00. The van der Waals surface area contributed by atoms with E-state index in [0.29, 0.717) is 11.5 Å². The van der Waals surface area contributed by atoms with Gasteiger partial charge in [-0.25, -0.2) is 0 Å². The molecule has 0 aliphatic heterocycles. The summed E-state index contributed by atoms with van der Waals surface area (Å²) in [6.45, 7) is 8.43. The molecule has 1 rings (SSSR count). The number of rotatable bonds is 5. The quantitative estimate of drug-likeness (QED) is 0.840. The Balaban J connectivity index is 2.58. The standard InChI is InChI=1S/C15H20N2/c1-12(2)10-17-11-13(3)7-14-5-4-6-15(8-14)9-16/h4-8,12,17H,10-11H2,1-3H3. The summed E-state index contributed by atoms with van der Waals surface area (Å²) in [4.78, 5) is 0. The first kappa shape index (κ1) is 13.5. The fourth-order valence-corrected chi connectivity index (χ4v) is 1.59. The second kappa shape index (κ2) is 6.88. The molecular weight excluding hydrogens is 208 g/mol. The van der Waals surface area contributed by atoms with E-state index in [1.54, 1.807) is 0 Å². The molecule has 1 aromatic carbocycles. The maximum Gasteiger partial charge on any atom is 0.0991 e. The highest BCUT2D eigenvalue weighted by molar-refractivity contribution is 5.55. The van der Waals surface area contributed by atoms with E-state index in [1.165, 1.54) is 5.57 Å². The summed E-state index contributed by atoms with van der Waals surface area (Å²) in [5.74, 6) is 0.671. The lowest BCUT2D eigenvalue weighted by Crippen LogP contribution is -2.21. The Hall–Kier alpha value is -1.59. The van der Waals surface area contributed by atoms with Crippen LogP contribution < -0.4 is 5.32 Å². The van der Waals surface area contributed by atoms with E-state index in [9.17, 15) is 0 Å². The molecule has 17 heavy (non-hydrogen) atoms. The van der Waals surface area contributed by atoms with E-state index < -0.39 is 0 Å². The lowest BCUT2D eigenvalue weighted by molar-refractivity contribution is 0.572. The van der Waals surface area contributed by atoms with Crippen molar-refractivity contribution in [2.24, 2.45) is 5.92 Å². The molecule has 90 valence electrons. The summed E-state index contributed by atoms with van der Waals surface area (Å²) < 4.78 is 0. The average molecular weight is 228 g/mol. The lowest BCUT2D eigenvalue weighted by atomic mass is 10.1. The zero-order valence-electron chi connectivity index (χ0n) is 10.8. The van der Waals surface area contributed by atoms with E-state index in [-0.39, 0.29) is 0 Å². The second-order valence-electron chi connectivity index (χ2n) is 4.75. The third kappa shape index (κ3) is 5.33. The first-order valence-electron chi connectivity index (χ1n) is 6.00. The lowest BCUT2D eigenvalue weighted by Gasteiger charge is -2.07. The minimum atomic E-state index is 0.671. The first-order chi connectivity index (χ1) is 8.11. The van der Waals surface area contributed by atoms with Crippen LogP contribution in [0.5, 0.6) is 0 Å². The van der Waals surface area contributed by atoms with Crippen LogP contribution in [0.25, 0.3) is 6.08 Å². The van der Waals surface area contributed by atoms with Crippen LogP contribution in [0.2, 0.25) is 0 Å². The molecule has 2 nitrogen and oxygen atoms in total. The SMILES string of the molecule is CC(=Cc1cccc(C#N)c1)CNCC(C)C. The molecule has 0 fully saturated rings. The van der Waals surface area contributed by atoms with E-state index in [0.717, 1.165) is 18.7 Å². The van der Waals surface area contributed by atoms with Crippen molar-refractivity contribution >= 4 is 6.08 Å². The van der Waals surface area contributed by atoms with Gasteiger partial charge in [0.2, 0.25) is 0 Å². The van der Waals surface area contributed by atoms with Crippen LogP contribution in [-0.2, 0) is 0 Å². The normalized spacial score (nSPS) is 11.6. The van der Waals surface area contributed by atoms with Crippen LogP contribution in [-0.4, -0.2) is 13.1 Å². The molecule has 0 saturated heterocycles. The van der Waals surface area contributed by atoms with Crippen molar-refractivity contribution in [2.45, 2.75) is 20.8 Å². The fourth-order valence-electron chi connectivity index (χ4n) is 1.59. The van der Waals surface area contributed by atoms with Gasteiger partial charge >= 0.3 is 0 Å². The van der Waals surface area contributed by atoms with Crippen molar-refractivity contribution in [2.75, 3.05) is 13.1 Å². The summed E-state index contributed by atoms with van der Waals surface area (Å²) in [7, 11) is 0. The van der Waals surface area contributed by atoms with Crippen LogP contribution in [0.3, 0.4) is 0 Å². The predicted octanol–water partition coefficient (Wildman–Crippen LogP) is 3.21. The van der Waals surface area contributed by atoms with Crippen LogP contribution >= 0.6 is 0 Å². The van der Waals surface area contributed by atoms with Crippen molar-refractivity contribution in [1.82, 2.24) is 5.32 Å². The molecule has 0 aliphatic rings. The van der Waals surface area contributed by atoms with Gasteiger partial charge in [-0.15, -0.1) is 0 Å². The minimum absolute atomic E-state index is 0.671. The summed E-state index contributed by atoms with van der Waals surface area (Å²) >= 11 is 0. The molecule has 0 atom stereocenters. The van der Waals surface area contributed by atoms with Gasteiger partial charge in [0.15, 0.2) is 0 Å². The average Bonchev–Trinajstić information content (AvgIpc) is 2.28. The van der Waals surface area contributed by atoms with E-state index >= 15 is 0 Å². The Kier molecular flexibility index (Phi) is 5.45. The molecule has 0 bridgehead atoms. The van der Waals surface area contributed by atoms with E-state index in [4.69, 9.17) is 5.26 Å². The highest BCUT2D eigenvalue weighted by Crippen LogP contribution is 2.08. The maximum atomic E-state index is 8.82. The molecule has 0 aliphatic carbocycles. The van der Waals surface area contributed by atoms with Crippen molar-refractivity contribution in [3.8, 4) is 6.07 Å². The van der Waals surface area contributed by atoms with E-state index in [1.807, 2.05) is 24.3 Å². The molecule has 1 aromatic rings. The molecule has 0 heterocycles. The maximum absolute atomic E-state index is 8.82. The predicted molar refractivity (Wildman–Crippen MR) is 72.5 cm³/mol. The van der Waals surface area contributed by atoms with Crippen LogP contribution in [0.4, 0.5) is 0 Å².